The third-order valence-electron chi connectivity index (χ3n) is 3.48. The van der Waals surface area contributed by atoms with Crippen molar-refractivity contribution in [2.75, 3.05) is 18.5 Å². The summed E-state index contributed by atoms with van der Waals surface area (Å²) in [5, 5.41) is 6.12. The second-order valence-electron chi connectivity index (χ2n) is 5.92. The lowest BCUT2D eigenvalue weighted by molar-refractivity contribution is 0.0951. The number of carbonyl (C=O) groups is 1. The van der Waals surface area contributed by atoms with Gasteiger partial charge in [0.1, 0.15) is 11.6 Å². The summed E-state index contributed by atoms with van der Waals surface area (Å²) in [5.41, 5.74) is 1.41. The smallest absolute Gasteiger partial charge is 0.252 e. The molecule has 0 atom stereocenters. The van der Waals surface area contributed by atoms with Crippen molar-refractivity contribution in [1.29, 1.82) is 0 Å². The average molecular weight is 327 g/mol. The minimum absolute atomic E-state index is 0.0931. The molecule has 0 radical (unpaired) electrons. The number of carbonyl (C=O) groups excluding carboxylic acids is 1. The highest BCUT2D eigenvalue weighted by atomic mass is 16.5. The number of ether oxygens (including phenoxy) is 1. The molecule has 0 unspecified atom stereocenters. The third-order valence-corrected chi connectivity index (χ3v) is 3.48. The van der Waals surface area contributed by atoms with Gasteiger partial charge in [-0.15, -0.1) is 0 Å². The molecule has 1 heterocycles. The van der Waals surface area contributed by atoms with Gasteiger partial charge in [0.2, 0.25) is 0 Å². The molecular formula is C19H25N3O2. The van der Waals surface area contributed by atoms with Gasteiger partial charge in [-0.25, -0.2) is 4.98 Å². The molecule has 0 saturated carbocycles. The lowest BCUT2D eigenvalue weighted by Crippen LogP contribution is -2.25. The van der Waals surface area contributed by atoms with E-state index in [1.54, 1.807) is 18.3 Å². The number of nitrogens with one attached hydrogen (secondary N) is 2. The fraction of sp³-hybridized carbons (Fsp3) is 0.368. The zero-order valence-electron chi connectivity index (χ0n) is 14.5. The molecule has 0 spiro atoms. The summed E-state index contributed by atoms with van der Waals surface area (Å²) in [6, 6.07) is 11.3. The summed E-state index contributed by atoms with van der Waals surface area (Å²) >= 11 is 0. The van der Waals surface area contributed by atoms with Crippen molar-refractivity contribution in [3.05, 3.63) is 48.2 Å². The molecule has 24 heavy (non-hydrogen) atoms. The number of pyridine rings is 1. The topological polar surface area (TPSA) is 63.2 Å². The van der Waals surface area contributed by atoms with Crippen LogP contribution in [0, 0.1) is 5.92 Å². The summed E-state index contributed by atoms with van der Waals surface area (Å²) in [4.78, 5) is 16.4. The zero-order chi connectivity index (χ0) is 17.4. The zero-order valence-corrected chi connectivity index (χ0v) is 14.5. The highest BCUT2D eigenvalue weighted by Gasteiger charge is 2.07. The first kappa shape index (κ1) is 17.8. The fourth-order valence-electron chi connectivity index (χ4n) is 2.17. The van der Waals surface area contributed by atoms with E-state index >= 15 is 0 Å². The first-order valence-electron chi connectivity index (χ1n) is 8.33. The minimum Gasteiger partial charge on any atom is -0.492 e. The third kappa shape index (κ3) is 5.26. The molecule has 0 bridgehead atoms. The normalized spacial score (nSPS) is 10.5. The number of hydrogen-bond acceptors (Lipinski definition) is 4. The Morgan fingerprint density at radius 1 is 1.21 bits per heavy atom. The summed E-state index contributed by atoms with van der Waals surface area (Å²) < 4.78 is 5.58. The van der Waals surface area contributed by atoms with E-state index in [1.807, 2.05) is 31.2 Å². The number of anilines is 2. The Bertz CT molecular complexity index is 654. The van der Waals surface area contributed by atoms with Crippen LogP contribution in [0.1, 0.15) is 37.6 Å². The molecule has 5 nitrogen and oxygen atoms in total. The van der Waals surface area contributed by atoms with Gasteiger partial charge in [-0.1, -0.05) is 26.0 Å². The van der Waals surface area contributed by atoms with Crippen LogP contribution in [0.2, 0.25) is 0 Å². The molecule has 2 aromatic rings. The number of aromatic nitrogens is 1. The summed E-state index contributed by atoms with van der Waals surface area (Å²) in [5.74, 6) is 1.92. The molecule has 0 fully saturated rings. The van der Waals surface area contributed by atoms with Crippen molar-refractivity contribution in [1.82, 2.24) is 10.3 Å². The van der Waals surface area contributed by atoms with Gasteiger partial charge in [0.15, 0.2) is 0 Å². The number of rotatable bonds is 8. The van der Waals surface area contributed by atoms with E-state index in [1.165, 1.54) is 0 Å². The molecule has 128 valence electrons. The van der Waals surface area contributed by atoms with Crippen LogP contribution < -0.4 is 15.4 Å². The Morgan fingerprint density at radius 3 is 2.67 bits per heavy atom. The molecule has 5 heteroatoms. The Morgan fingerprint density at radius 2 is 2.00 bits per heavy atom. The van der Waals surface area contributed by atoms with Crippen molar-refractivity contribution in [3.63, 3.8) is 0 Å². The Labute approximate surface area is 143 Å². The minimum atomic E-state index is -0.0931. The standard InChI is InChI=1S/C19H25N3O2/c1-4-24-17-8-6-5-7-16(17)22-18-10-9-15(13-21-18)19(23)20-12-11-14(2)3/h5-10,13-14H,4,11-12H2,1-3H3,(H,20,23)(H,21,22). The summed E-state index contributed by atoms with van der Waals surface area (Å²) in [7, 11) is 0. The molecule has 1 amide bonds. The molecule has 0 saturated heterocycles. The molecule has 2 rings (SSSR count). The number of hydrogen-bond donors (Lipinski definition) is 2. The second kappa shape index (κ2) is 8.91. The lowest BCUT2D eigenvalue weighted by Gasteiger charge is -2.12. The quantitative estimate of drug-likeness (QED) is 0.769. The first-order chi connectivity index (χ1) is 11.6. The Balaban J connectivity index is 1.98. The van der Waals surface area contributed by atoms with Crippen LogP contribution in [0.25, 0.3) is 0 Å². The van der Waals surface area contributed by atoms with E-state index in [0.29, 0.717) is 30.5 Å². The van der Waals surface area contributed by atoms with Gasteiger partial charge in [0, 0.05) is 12.7 Å². The maximum Gasteiger partial charge on any atom is 0.252 e. The monoisotopic (exact) mass is 327 g/mol. The number of para-hydroxylation sites is 2. The van der Waals surface area contributed by atoms with Crippen LogP contribution in [-0.4, -0.2) is 24.0 Å². The predicted molar refractivity (Wildman–Crippen MR) is 96.9 cm³/mol. The van der Waals surface area contributed by atoms with Crippen molar-refractivity contribution in [2.24, 2.45) is 5.92 Å². The highest BCUT2D eigenvalue weighted by Crippen LogP contribution is 2.26. The van der Waals surface area contributed by atoms with Crippen LogP contribution in [0.3, 0.4) is 0 Å². The van der Waals surface area contributed by atoms with Crippen LogP contribution in [0.4, 0.5) is 11.5 Å². The van der Waals surface area contributed by atoms with Crippen molar-refractivity contribution < 1.29 is 9.53 Å². The molecule has 1 aromatic carbocycles. The Hall–Kier alpha value is -2.56. The van der Waals surface area contributed by atoms with Gasteiger partial charge in [-0.05, 0) is 43.5 Å². The van der Waals surface area contributed by atoms with Gasteiger partial charge in [0.05, 0.1) is 17.9 Å². The molecule has 0 aliphatic heterocycles. The van der Waals surface area contributed by atoms with Gasteiger partial charge in [-0.3, -0.25) is 4.79 Å². The van der Waals surface area contributed by atoms with E-state index in [2.05, 4.69) is 29.5 Å². The number of amides is 1. The van der Waals surface area contributed by atoms with Crippen molar-refractivity contribution in [2.45, 2.75) is 27.2 Å². The van der Waals surface area contributed by atoms with Gasteiger partial charge in [-0.2, -0.15) is 0 Å². The maximum atomic E-state index is 12.0. The van der Waals surface area contributed by atoms with Crippen LogP contribution in [-0.2, 0) is 0 Å². The van der Waals surface area contributed by atoms with Crippen LogP contribution >= 0.6 is 0 Å². The highest BCUT2D eigenvalue weighted by molar-refractivity contribution is 5.94. The second-order valence-corrected chi connectivity index (χ2v) is 5.92. The van der Waals surface area contributed by atoms with E-state index in [9.17, 15) is 4.79 Å². The first-order valence-corrected chi connectivity index (χ1v) is 8.33. The molecule has 0 aliphatic carbocycles. The van der Waals surface area contributed by atoms with E-state index < -0.39 is 0 Å². The number of nitrogens with zero attached hydrogens (tertiary/aromatic N) is 1. The summed E-state index contributed by atoms with van der Waals surface area (Å²) in [6.07, 6.45) is 2.54. The molecular weight excluding hydrogens is 302 g/mol. The summed E-state index contributed by atoms with van der Waals surface area (Å²) in [6.45, 7) is 7.49. The SMILES string of the molecule is CCOc1ccccc1Nc1ccc(C(=O)NCCC(C)C)cn1. The lowest BCUT2D eigenvalue weighted by atomic mass is 10.1. The predicted octanol–water partition coefficient (Wildman–Crippen LogP) is 4.00. The van der Waals surface area contributed by atoms with Gasteiger partial charge < -0.3 is 15.4 Å². The van der Waals surface area contributed by atoms with E-state index in [4.69, 9.17) is 4.74 Å². The average Bonchev–Trinajstić information content (AvgIpc) is 2.57. The molecule has 1 aromatic heterocycles. The molecule has 2 N–H and O–H groups in total. The maximum absolute atomic E-state index is 12.0. The fourth-order valence-corrected chi connectivity index (χ4v) is 2.17. The molecule has 0 aliphatic rings. The van der Waals surface area contributed by atoms with Gasteiger partial charge >= 0.3 is 0 Å². The van der Waals surface area contributed by atoms with E-state index in [-0.39, 0.29) is 5.91 Å². The Kier molecular flexibility index (Phi) is 6.61. The van der Waals surface area contributed by atoms with Crippen molar-refractivity contribution >= 4 is 17.4 Å². The van der Waals surface area contributed by atoms with Gasteiger partial charge in [0.25, 0.3) is 5.91 Å². The van der Waals surface area contributed by atoms with Crippen LogP contribution in [0.15, 0.2) is 42.6 Å². The van der Waals surface area contributed by atoms with Crippen LogP contribution in [0.5, 0.6) is 5.75 Å². The largest absolute Gasteiger partial charge is 0.492 e. The van der Waals surface area contributed by atoms with E-state index in [0.717, 1.165) is 17.9 Å². The van der Waals surface area contributed by atoms with Crippen molar-refractivity contribution in [3.8, 4) is 5.75 Å². The number of benzene rings is 1.